The predicted molar refractivity (Wildman–Crippen MR) is 137 cm³/mol. The lowest BCUT2D eigenvalue weighted by molar-refractivity contribution is 0.0951. The highest BCUT2D eigenvalue weighted by Gasteiger charge is 2.16. The first-order chi connectivity index (χ1) is 17.6. The van der Waals surface area contributed by atoms with Gasteiger partial charge in [-0.05, 0) is 48.0 Å². The number of fused-ring (bicyclic) bond motifs is 2. The molecule has 0 radical (unpaired) electrons. The molecular formula is C27H20ClN5O3. The van der Waals surface area contributed by atoms with Crippen molar-refractivity contribution in [3.63, 3.8) is 0 Å². The number of anilines is 2. The van der Waals surface area contributed by atoms with E-state index in [0.717, 1.165) is 28.3 Å². The number of benzene rings is 3. The number of nitrogens with zero attached hydrogens (tertiary/aromatic N) is 3. The number of ether oxygens (including phenoxy) is 2. The smallest absolute Gasteiger partial charge is 0.251 e. The standard InChI is InChI=1S/C27H20ClN5O3/c28-20-7-5-18(6-8-20)25-26(33-11-10-29-15-24(33)32-25)31-21-3-1-2-19(13-21)27(34)30-14-17-4-9-22-23(12-17)36-16-35-22/h1-13,15,31H,14,16H2,(H,30,34). The SMILES string of the molecule is O=C(NCc1ccc2c(c1)OCO2)c1cccc(Nc2c(-c3ccc(Cl)cc3)nc3cnccn23)c1. The van der Waals surface area contributed by atoms with Crippen LogP contribution in [0.4, 0.5) is 11.5 Å². The second kappa shape index (κ2) is 9.24. The summed E-state index contributed by atoms with van der Waals surface area (Å²) in [5.74, 6) is 1.97. The summed E-state index contributed by atoms with van der Waals surface area (Å²) in [4.78, 5) is 21.8. The van der Waals surface area contributed by atoms with Gasteiger partial charge < -0.3 is 20.1 Å². The molecule has 2 N–H and O–H groups in total. The Morgan fingerprint density at radius 2 is 1.89 bits per heavy atom. The van der Waals surface area contributed by atoms with Crippen LogP contribution >= 0.6 is 11.6 Å². The predicted octanol–water partition coefficient (Wildman–Crippen LogP) is 5.45. The summed E-state index contributed by atoms with van der Waals surface area (Å²) in [6.07, 6.45) is 5.24. The maximum Gasteiger partial charge on any atom is 0.251 e. The van der Waals surface area contributed by atoms with Gasteiger partial charge in [-0.2, -0.15) is 0 Å². The molecule has 0 saturated carbocycles. The monoisotopic (exact) mass is 497 g/mol. The van der Waals surface area contributed by atoms with Crippen LogP contribution < -0.4 is 20.1 Å². The number of imidazole rings is 1. The van der Waals surface area contributed by atoms with Crippen molar-refractivity contribution in [2.24, 2.45) is 0 Å². The number of hydrogen-bond donors (Lipinski definition) is 2. The fraction of sp³-hybridized carbons (Fsp3) is 0.0741. The molecule has 6 rings (SSSR count). The minimum Gasteiger partial charge on any atom is -0.454 e. The Morgan fingerprint density at radius 3 is 2.78 bits per heavy atom. The van der Waals surface area contributed by atoms with Gasteiger partial charge >= 0.3 is 0 Å². The van der Waals surface area contributed by atoms with Gasteiger partial charge in [0.1, 0.15) is 11.5 Å². The third kappa shape index (κ3) is 4.30. The second-order valence-corrected chi connectivity index (χ2v) is 8.63. The Kier molecular flexibility index (Phi) is 5.63. The van der Waals surface area contributed by atoms with E-state index < -0.39 is 0 Å². The van der Waals surface area contributed by atoms with E-state index in [-0.39, 0.29) is 12.7 Å². The number of carbonyl (C=O) groups is 1. The molecule has 0 atom stereocenters. The Hall–Kier alpha value is -4.56. The summed E-state index contributed by atoms with van der Waals surface area (Å²) in [6.45, 7) is 0.585. The number of amides is 1. The van der Waals surface area contributed by atoms with Crippen LogP contribution in [-0.4, -0.2) is 27.1 Å². The molecule has 3 heterocycles. The van der Waals surface area contributed by atoms with Gasteiger partial charge in [-0.3, -0.25) is 14.2 Å². The molecule has 178 valence electrons. The summed E-state index contributed by atoms with van der Waals surface area (Å²) in [7, 11) is 0. The molecule has 0 spiro atoms. The third-order valence-electron chi connectivity index (χ3n) is 5.83. The highest BCUT2D eigenvalue weighted by molar-refractivity contribution is 6.30. The molecule has 0 saturated heterocycles. The zero-order valence-electron chi connectivity index (χ0n) is 18.9. The van der Waals surface area contributed by atoms with Crippen LogP contribution in [0.5, 0.6) is 11.5 Å². The molecule has 1 amide bonds. The van der Waals surface area contributed by atoms with Crippen LogP contribution in [0.25, 0.3) is 16.9 Å². The summed E-state index contributed by atoms with van der Waals surface area (Å²) >= 11 is 6.08. The zero-order valence-corrected chi connectivity index (χ0v) is 19.7. The molecule has 0 bridgehead atoms. The first-order valence-electron chi connectivity index (χ1n) is 11.3. The Bertz CT molecular complexity index is 1580. The van der Waals surface area contributed by atoms with Gasteiger partial charge in [-0.1, -0.05) is 35.9 Å². The van der Waals surface area contributed by atoms with Crippen LogP contribution in [0.2, 0.25) is 5.02 Å². The minimum atomic E-state index is -0.184. The number of carbonyl (C=O) groups excluding carboxylic acids is 1. The summed E-state index contributed by atoms with van der Waals surface area (Å²) in [5, 5.41) is 7.05. The molecule has 3 aromatic carbocycles. The Morgan fingerprint density at radius 1 is 1.03 bits per heavy atom. The first kappa shape index (κ1) is 21.9. The van der Waals surface area contributed by atoms with E-state index in [1.807, 2.05) is 65.2 Å². The summed E-state index contributed by atoms with van der Waals surface area (Å²) in [5.41, 5.74) is 4.56. The highest BCUT2D eigenvalue weighted by Crippen LogP contribution is 2.33. The van der Waals surface area contributed by atoms with E-state index in [0.29, 0.717) is 34.3 Å². The molecule has 36 heavy (non-hydrogen) atoms. The van der Waals surface area contributed by atoms with E-state index in [4.69, 9.17) is 26.1 Å². The van der Waals surface area contributed by atoms with Crippen LogP contribution in [-0.2, 0) is 6.54 Å². The zero-order chi connectivity index (χ0) is 24.5. The highest BCUT2D eigenvalue weighted by atomic mass is 35.5. The second-order valence-electron chi connectivity index (χ2n) is 8.20. The van der Waals surface area contributed by atoms with Gasteiger partial charge in [0, 0.05) is 40.8 Å². The van der Waals surface area contributed by atoms with E-state index in [1.165, 1.54) is 0 Å². The molecule has 0 unspecified atom stereocenters. The number of aromatic nitrogens is 3. The topological polar surface area (TPSA) is 89.8 Å². The molecule has 9 heteroatoms. The average Bonchev–Trinajstić information content (AvgIpc) is 3.52. The number of halogens is 1. The molecule has 1 aliphatic rings. The van der Waals surface area contributed by atoms with Crippen molar-refractivity contribution in [3.05, 3.63) is 101 Å². The van der Waals surface area contributed by atoms with Gasteiger partial charge in [0.2, 0.25) is 6.79 Å². The van der Waals surface area contributed by atoms with Crippen LogP contribution in [0, 0.1) is 0 Å². The van der Waals surface area contributed by atoms with Crippen LogP contribution in [0.15, 0.2) is 85.3 Å². The third-order valence-corrected chi connectivity index (χ3v) is 6.08. The van der Waals surface area contributed by atoms with E-state index >= 15 is 0 Å². The van der Waals surface area contributed by atoms with E-state index in [2.05, 4.69) is 15.6 Å². The van der Waals surface area contributed by atoms with Gasteiger partial charge in [0.15, 0.2) is 17.1 Å². The number of hydrogen-bond acceptors (Lipinski definition) is 6. The van der Waals surface area contributed by atoms with Gasteiger partial charge in [-0.25, -0.2) is 4.98 Å². The molecular weight excluding hydrogens is 478 g/mol. The molecule has 0 fully saturated rings. The number of rotatable bonds is 6. The summed E-state index contributed by atoms with van der Waals surface area (Å²) < 4.78 is 12.7. The van der Waals surface area contributed by atoms with Gasteiger partial charge in [0.25, 0.3) is 5.91 Å². The molecule has 1 aliphatic heterocycles. The average molecular weight is 498 g/mol. The van der Waals surface area contributed by atoms with Crippen LogP contribution in [0.1, 0.15) is 15.9 Å². The lowest BCUT2D eigenvalue weighted by Crippen LogP contribution is -2.22. The number of nitrogens with one attached hydrogen (secondary N) is 2. The van der Waals surface area contributed by atoms with Crippen molar-refractivity contribution in [1.82, 2.24) is 19.7 Å². The molecule has 8 nitrogen and oxygen atoms in total. The molecule has 2 aromatic heterocycles. The van der Waals surface area contributed by atoms with Crippen molar-refractivity contribution in [1.29, 1.82) is 0 Å². The maximum absolute atomic E-state index is 12.9. The fourth-order valence-corrected chi connectivity index (χ4v) is 4.17. The fourth-order valence-electron chi connectivity index (χ4n) is 4.05. The largest absolute Gasteiger partial charge is 0.454 e. The lowest BCUT2D eigenvalue weighted by atomic mass is 10.1. The van der Waals surface area contributed by atoms with Crippen molar-refractivity contribution in [2.45, 2.75) is 6.54 Å². The van der Waals surface area contributed by atoms with Crippen LogP contribution in [0.3, 0.4) is 0 Å². The molecule has 0 aliphatic carbocycles. The summed E-state index contributed by atoms with van der Waals surface area (Å²) in [6, 6.07) is 20.4. The minimum absolute atomic E-state index is 0.184. The maximum atomic E-state index is 12.9. The van der Waals surface area contributed by atoms with E-state index in [9.17, 15) is 4.79 Å². The quantitative estimate of drug-likeness (QED) is 0.324. The van der Waals surface area contributed by atoms with Crippen molar-refractivity contribution < 1.29 is 14.3 Å². The van der Waals surface area contributed by atoms with Crippen molar-refractivity contribution in [2.75, 3.05) is 12.1 Å². The Balaban J connectivity index is 1.24. The van der Waals surface area contributed by atoms with Crippen molar-refractivity contribution in [3.8, 4) is 22.8 Å². The normalized spacial score (nSPS) is 12.0. The molecule has 5 aromatic rings. The van der Waals surface area contributed by atoms with Gasteiger partial charge in [-0.15, -0.1) is 0 Å². The first-order valence-corrected chi connectivity index (χ1v) is 11.6. The van der Waals surface area contributed by atoms with E-state index in [1.54, 1.807) is 24.5 Å². The Labute approximate surface area is 211 Å². The van der Waals surface area contributed by atoms with Gasteiger partial charge in [0.05, 0.1) is 6.20 Å². The lowest BCUT2D eigenvalue weighted by Gasteiger charge is -2.11. The van der Waals surface area contributed by atoms with Crippen molar-refractivity contribution >= 4 is 34.7 Å².